The Kier molecular flexibility index (Phi) is 5.08. The van der Waals surface area contributed by atoms with E-state index in [1.165, 1.54) is 0 Å². The summed E-state index contributed by atoms with van der Waals surface area (Å²) in [6, 6.07) is 24.3. The van der Waals surface area contributed by atoms with Crippen molar-refractivity contribution in [1.29, 1.82) is 0 Å². The molecule has 0 aliphatic heterocycles. The largest absolute Gasteiger partial charge is 0.464 e. The van der Waals surface area contributed by atoms with Crippen LogP contribution in [0.5, 0.6) is 0 Å². The van der Waals surface area contributed by atoms with Crippen molar-refractivity contribution >= 4 is 11.4 Å². The van der Waals surface area contributed by atoms with Gasteiger partial charge in [0.2, 0.25) is 0 Å². The maximum absolute atomic E-state index is 5.83. The third-order valence-electron chi connectivity index (χ3n) is 4.55. The maximum atomic E-state index is 5.83. The summed E-state index contributed by atoms with van der Waals surface area (Å²) in [6.07, 6.45) is 4.28. The van der Waals surface area contributed by atoms with E-state index in [4.69, 9.17) is 14.6 Å². The minimum absolute atomic E-state index is 0.627. The number of para-hydroxylation sites is 2. The van der Waals surface area contributed by atoms with Gasteiger partial charge in [-0.1, -0.05) is 24.3 Å². The molecule has 0 radical (unpaired) electrons. The monoisotopic (exact) mass is 358 g/mol. The molecule has 4 heteroatoms. The van der Waals surface area contributed by atoms with Gasteiger partial charge in [-0.05, 0) is 61.5 Å². The van der Waals surface area contributed by atoms with Crippen LogP contribution in [0.25, 0.3) is 22.6 Å². The lowest BCUT2D eigenvalue weighted by Gasteiger charge is -2.28. The number of benzene rings is 2. The number of nitrogens with two attached hydrogens (primary N) is 1. The summed E-state index contributed by atoms with van der Waals surface area (Å²) < 4.78 is 11.4. The molecule has 0 saturated heterocycles. The van der Waals surface area contributed by atoms with Gasteiger partial charge in [-0.2, -0.15) is 0 Å². The van der Waals surface area contributed by atoms with Crippen LogP contribution in [0.2, 0.25) is 0 Å². The van der Waals surface area contributed by atoms with Crippen molar-refractivity contribution < 1.29 is 8.83 Å². The predicted molar refractivity (Wildman–Crippen MR) is 109 cm³/mol. The molecule has 2 aromatic heterocycles. The normalized spacial score (nSPS) is 10.9. The van der Waals surface area contributed by atoms with Crippen LogP contribution in [0.1, 0.15) is 6.42 Å². The van der Waals surface area contributed by atoms with Crippen molar-refractivity contribution in [3.05, 3.63) is 85.3 Å². The standard InChI is InChI=1S/C23H22N2O2/c24-14-7-15-25(20-10-3-1-8-18(20)22-12-5-16-26-22)21-11-4-2-9-19(21)23-13-6-17-27-23/h1-6,8-13,16-17H,7,14-15,24H2. The first-order chi connectivity index (χ1) is 13.4. The molecule has 0 amide bonds. The van der Waals surface area contributed by atoms with Crippen molar-refractivity contribution in [3.8, 4) is 22.6 Å². The second kappa shape index (κ2) is 7.98. The molecule has 0 aliphatic rings. The van der Waals surface area contributed by atoms with Gasteiger partial charge in [0.1, 0.15) is 11.5 Å². The molecule has 0 spiro atoms. The minimum atomic E-state index is 0.627. The lowest BCUT2D eigenvalue weighted by molar-refractivity contribution is 0.582. The first-order valence-corrected chi connectivity index (χ1v) is 9.12. The number of furan rings is 2. The molecule has 0 saturated carbocycles. The molecule has 2 N–H and O–H groups in total. The first-order valence-electron chi connectivity index (χ1n) is 9.12. The summed E-state index contributed by atoms with van der Waals surface area (Å²) in [5.74, 6) is 1.69. The SMILES string of the molecule is NCCCN(c1ccccc1-c1ccco1)c1ccccc1-c1ccco1. The number of hydrogen-bond donors (Lipinski definition) is 1. The third-order valence-corrected chi connectivity index (χ3v) is 4.55. The van der Waals surface area contributed by atoms with Crippen LogP contribution in [-0.4, -0.2) is 13.1 Å². The molecule has 2 aromatic carbocycles. The van der Waals surface area contributed by atoms with Gasteiger partial charge >= 0.3 is 0 Å². The zero-order chi connectivity index (χ0) is 18.5. The van der Waals surface area contributed by atoms with E-state index >= 15 is 0 Å². The van der Waals surface area contributed by atoms with Crippen LogP contribution < -0.4 is 10.6 Å². The van der Waals surface area contributed by atoms with Crippen molar-refractivity contribution in [1.82, 2.24) is 0 Å². The van der Waals surface area contributed by atoms with E-state index in [0.717, 1.165) is 47.0 Å². The molecule has 27 heavy (non-hydrogen) atoms. The Morgan fingerprint density at radius 1 is 0.667 bits per heavy atom. The summed E-state index contributed by atoms with van der Waals surface area (Å²) in [7, 11) is 0. The highest BCUT2D eigenvalue weighted by atomic mass is 16.3. The van der Waals surface area contributed by atoms with Crippen LogP contribution in [-0.2, 0) is 0 Å². The summed E-state index contributed by atoms with van der Waals surface area (Å²) in [5.41, 5.74) is 10.1. The minimum Gasteiger partial charge on any atom is -0.464 e. The molecule has 0 aliphatic carbocycles. The summed E-state index contributed by atoms with van der Waals surface area (Å²) >= 11 is 0. The molecule has 0 fully saturated rings. The summed E-state index contributed by atoms with van der Waals surface area (Å²) in [5, 5.41) is 0. The van der Waals surface area contributed by atoms with Gasteiger partial charge in [-0.3, -0.25) is 0 Å². The fourth-order valence-electron chi connectivity index (χ4n) is 3.32. The van der Waals surface area contributed by atoms with Crippen LogP contribution in [0.4, 0.5) is 11.4 Å². The fourth-order valence-corrected chi connectivity index (χ4v) is 3.32. The van der Waals surface area contributed by atoms with Crippen molar-refractivity contribution in [2.75, 3.05) is 18.0 Å². The van der Waals surface area contributed by atoms with E-state index in [0.29, 0.717) is 6.54 Å². The van der Waals surface area contributed by atoms with Crippen molar-refractivity contribution in [2.45, 2.75) is 6.42 Å². The topological polar surface area (TPSA) is 55.5 Å². The zero-order valence-electron chi connectivity index (χ0n) is 15.0. The first kappa shape index (κ1) is 17.2. The Hall–Kier alpha value is -3.24. The Morgan fingerprint density at radius 3 is 1.63 bits per heavy atom. The third kappa shape index (κ3) is 3.52. The average molecular weight is 358 g/mol. The molecule has 0 unspecified atom stereocenters. The van der Waals surface area contributed by atoms with Crippen LogP contribution in [0, 0.1) is 0 Å². The number of hydrogen-bond acceptors (Lipinski definition) is 4. The van der Waals surface area contributed by atoms with Gasteiger partial charge in [0.25, 0.3) is 0 Å². The molecule has 4 nitrogen and oxygen atoms in total. The highest BCUT2D eigenvalue weighted by molar-refractivity contribution is 5.86. The summed E-state index contributed by atoms with van der Waals surface area (Å²) in [4.78, 5) is 2.29. The summed E-state index contributed by atoms with van der Waals surface area (Å²) in [6.45, 7) is 1.42. The van der Waals surface area contributed by atoms with Crippen LogP contribution in [0.3, 0.4) is 0 Å². The Balaban J connectivity index is 1.86. The molecule has 4 rings (SSSR count). The Morgan fingerprint density at radius 2 is 1.19 bits per heavy atom. The van der Waals surface area contributed by atoms with E-state index in [2.05, 4.69) is 29.2 Å². The quantitative estimate of drug-likeness (QED) is 0.461. The smallest absolute Gasteiger partial charge is 0.135 e. The highest BCUT2D eigenvalue weighted by Crippen LogP contribution is 2.39. The second-order valence-corrected chi connectivity index (χ2v) is 6.28. The molecule has 0 atom stereocenters. The number of rotatable bonds is 7. The number of nitrogens with zero attached hydrogens (tertiary/aromatic N) is 1. The van der Waals surface area contributed by atoms with Gasteiger partial charge < -0.3 is 19.5 Å². The fraction of sp³-hybridized carbons (Fsp3) is 0.130. The molecule has 2 heterocycles. The van der Waals surface area contributed by atoms with Crippen LogP contribution >= 0.6 is 0 Å². The van der Waals surface area contributed by atoms with Gasteiger partial charge in [0, 0.05) is 17.7 Å². The van der Waals surface area contributed by atoms with E-state index in [1.54, 1.807) is 12.5 Å². The molecular formula is C23H22N2O2. The predicted octanol–water partition coefficient (Wildman–Crippen LogP) is 5.69. The molecular weight excluding hydrogens is 336 g/mol. The molecule has 136 valence electrons. The van der Waals surface area contributed by atoms with Gasteiger partial charge in [-0.15, -0.1) is 0 Å². The van der Waals surface area contributed by atoms with Crippen molar-refractivity contribution in [3.63, 3.8) is 0 Å². The maximum Gasteiger partial charge on any atom is 0.135 e. The van der Waals surface area contributed by atoms with E-state index in [9.17, 15) is 0 Å². The van der Waals surface area contributed by atoms with Crippen LogP contribution in [0.15, 0.2) is 94.2 Å². The van der Waals surface area contributed by atoms with Gasteiger partial charge in [0.05, 0.1) is 23.9 Å². The highest BCUT2D eigenvalue weighted by Gasteiger charge is 2.19. The lowest BCUT2D eigenvalue weighted by atomic mass is 10.0. The van der Waals surface area contributed by atoms with Crippen molar-refractivity contribution in [2.24, 2.45) is 5.73 Å². The zero-order valence-corrected chi connectivity index (χ0v) is 15.0. The number of anilines is 2. The van der Waals surface area contributed by atoms with Gasteiger partial charge in [-0.25, -0.2) is 0 Å². The molecule has 0 bridgehead atoms. The Bertz CT molecular complexity index is 898. The average Bonchev–Trinajstić information content (AvgIpc) is 3.43. The lowest BCUT2D eigenvalue weighted by Crippen LogP contribution is -2.22. The molecule has 4 aromatic rings. The van der Waals surface area contributed by atoms with Gasteiger partial charge in [0.15, 0.2) is 0 Å². The van der Waals surface area contributed by atoms with E-state index in [1.807, 2.05) is 48.5 Å². The van der Waals surface area contributed by atoms with E-state index < -0.39 is 0 Å². The van der Waals surface area contributed by atoms with E-state index in [-0.39, 0.29) is 0 Å². The second-order valence-electron chi connectivity index (χ2n) is 6.28. The Labute approximate surface area is 158 Å².